The third-order valence-electron chi connectivity index (χ3n) is 6.52. The standard InChI is InChI=1S/C28H18N6O/c35-28(19-10-14-31-26-18(19)9-4-12-30-26)34-25-17-6-2-1-5-16(17)24-20(25)7-3-8-21(24)27-32-22-11-13-29-15-23(22)33-27/h1-15,25H,(H,32,33)(H,34,35)/t25-/m1/s1. The molecule has 35 heavy (non-hydrogen) atoms. The topological polar surface area (TPSA) is 96.5 Å². The van der Waals surface area contributed by atoms with Crippen LogP contribution in [-0.4, -0.2) is 30.8 Å². The van der Waals surface area contributed by atoms with Crippen molar-refractivity contribution in [1.29, 1.82) is 0 Å². The van der Waals surface area contributed by atoms with Gasteiger partial charge in [-0.05, 0) is 46.5 Å². The number of nitrogens with zero attached hydrogens (tertiary/aromatic N) is 4. The molecule has 0 bridgehead atoms. The Labute approximate surface area is 199 Å². The minimum Gasteiger partial charge on any atom is -0.341 e. The van der Waals surface area contributed by atoms with E-state index in [1.165, 1.54) is 0 Å². The van der Waals surface area contributed by atoms with Gasteiger partial charge in [-0.2, -0.15) is 0 Å². The summed E-state index contributed by atoms with van der Waals surface area (Å²) in [7, 11) is 0. The summed E-state index contributed by atoms with van der Waals surface area (Å²) in [6, 6.07) is 21.4. The van der Waals surface area contributed by atoms with Gasteiger partial charge in [-0.3, -0.25) is 9.78 Å². The van der Waals surface area contributed by atoms with E-state index in [1.54, 1.807) is 30.9 Å². The van der Waals surface area contributed by atoms with Crippen LogP contribution < -0.4 is 5.32 Å². The average molecular weight is 454 g/mol. The summed E-state index contributed by atoms with van der Waals surface area (Å²) in [5, 5.41) is 4.00. The maximum Gasteiger partial charge on any atom is 0.252 e. The maximum absolute atomic E-state index is 13.5. The fourth-order valence-corrected chi connectivity index (χ4v) is 4.98. The van der Waals surface area contributed by atoms with Crippen molar-refractivity contribution in [3.8, 4) is 22.5 Å². The third kappa shape index (κ3) is 3.02. The zero-order valence-corrected chi connectivity index (χ0v) is 18.4. The number of pyridine rings is 3. The van der Waals surface area contributed by atoms with E-state index in [2.05, 4.69) is 49.5 Å². The number of hydrogen-bond donors (Lipinski definition) is 2. The van der Waals surface area contributed by atoms with E-state index in [0.717, 1.165) is 50.1 Å². The van der Waals surface area contributed by atoms with Gasteiger partial charge in [-0.1, -0.05) is 42.5 Å². The monoisotopic (exact) mass is 454 g/mol. The molecule has 0 saturated carbocycles. The molecule has 1 aliphatic carbocycles. The molecule has 166 valence electrons. The van der Waals surface area contributed by atoms with Crippen molar-refractivity contribution < 1.29 is 4.79 Å². The number of aromatic nitrogens is 5. The van der Waals surface area contributed by atoms with Crippen molar-refractivity contribution in [3.63, 3.8) is 0 Å². The highest BCUT2D eigenvalue weighted by atomic mass is 16.1. The first-order valence-corrected chi connectivity index (χ1v) is 11.3. The predicted octanol–water partition coefficient (Wildman–Crippen LogP) is 5.07. The molecule has 7 nitrogen and oxygen atoms in total. The Bertz CT molecular complexity index is 1730. The molecule has 0 aliphatic heterocycles. The molecule has 0 unspecified atom stereocenters. The lowest BCUT2D eigenvalue weighted by Crippen LogP contribution is -2.28. The first-order chi connectivity index (χ1) is 17.3. The lowest BCUT2D eigenvalue weighted by atomic mass is 9.98. The fourth-order valence-electron chi connectivity index (χ4n) is 4.98. The fraction of sp³-hybridized carbons (Fsp3) is 0.0357. The van der Waals surface area contributed by atoms with Crippen LogP contribution in [0.25, 0.3) is 44.6 Å². The Morgan fingerprint density at radius 3 is 2.63 bits per heavy atom. The molecule has 0 radical (unpaired) electrons. The highest BCUT2D eigenvalue weighted by Crippen LogP contribution is 2.47. The van der Waals surface area contributed by atoms with Crippen LogP contribution in [-0.2, 0) is 0 Å². The van der Waals surface area contributed by atoms with Crippen LogP contribution in [0.4, 0.5) is 0 Å². The van der Waals surface area contributed by atoms with Crippen molar-refractivity contribution in [2.75, 3.05) is 0 Å². The van der Waals surface area contributed by atoms with Crippen molar-refractivity contribution in [3.05, 3.63) is 108 Å². The minimum absolute atomic E-state index is 0.168. The highest BCUT2D eigenvalue weighted by molar-refractivity contribution is 6.06. The van der Waals surface area contributed by atoms with Crippen LogP contribution >= 0.6 is 0 Å². The molecule has 7 rings (SSSR count). The molecule has 2 aromatic carbocycles. The number of benzene rings is 2. The van der Waals surface area contributed by atoms with Crippen LogP contribution in [0.1, 0.15) is 27.5 Å². The Kier molecular flexibility index (Phi) is 4.22. The van der Waals surface area contributed by atoms with Crippen LogP contribution in [0.3, 0.4) is 0 Å². The average Bonchev–Trinajstić information content (AvgIpc) is 3.48. The Hall–Kier alpha value is -4.91. The highest BCUT2D eigenvalue weighted by Gasteiger charge is 2.32. The van der Waals surface area contributed by atoms with Gasteiger partial charge >= 0.3 is 0 Å². The van der Waals surface area contributed by atoms with Gasteiger partial charge in [0.15, 0.2) is 5.65 Å². The van der Waals surface area contributed by atoms with E-state index in [4.69, 9.17) is 4.98 Å². The van der Waals surface area contributed by atoms with Gasteiger partial charge in [0, 0.05) is 29.5 Å². The molecule has 7 heteroatoms. The van der Waals surface area contributed by atoms with Gasteiger partial charge in [0.2, 0.25) is 0 Å². The predicted molar refractivity (Wildman–Crippen MR) is 134 cm³/mol. The van der Waals surface area contributed by atoms with E-state index in [1.807, 2.05) is 36.4 Å². The van der Waals surface area contributed by atoms with Gasteiger partial charge in [0.25, 0.3) is 5.91 Å². The van der Waals surface area contributed by atoms with E-state index in [-0.39, 0.29) is 11.9 Å². The molecule has 0 saturated heterocycles. The Morgan fingerprint density at radius 2 is 1.69 bits per heavy atom. The summed E-state index contributed by atoms with van der Waals surface area (Å²) in [4.78, 5) is 34.5. The molecule has 1 amide bonds. The number of aromatic amines is 1. The third-order valence-corrected chi connectivity index (χ3v) is 6.52. The second-order valence-electron chi connectivity index (χ2n) is 8.47. The zero-order chi connectivity index (χ0) is 23.4. The quantitative estimate of drug-likeness (QED) is 0.389. The van der Waals surface area contributed by atoms with Crippen LogP contribution in [0.5, 0.6) is 0 Å². The number of hydrogen-bond acceptors (Lipinski definition) is 5. The van der Waals surface area contributed by atoms with Crippen LogP contribution in [0.15, 0.2) is 91.5 Å². The summed E-state index contributed by atoms with van der Waals surface area (Å²) in [6.07, 6.45) is 6.81. The van der Waals surface area contributed by atoms with Gasteiger partial charge < -0.3 is 10.3 Å². The first-order valence-electron chi connectivity index (χ1n) is 11.3. The van der Waals surface area contributed by atoms with Gasteiger partial charge in [0.05, 0.1) is 28.8 Å². The summed E-state index contributed by atoms with van der Waals surface area (Å²) in [5.74, 6) is 0.607. The zero-order valence-electron chi connectivity index (χ0n) is 18.4. The molecule has 1 atom stereocenters. The molecule has 2 N–H and O–H groups in total. The second kappa shape index (κ2) is 7.56. The van der Waals surface area contributed by atoms with Crippen LogP contribution in [0.2, 0.25) is 0 Å². The lowest BCUT2D eigenvalue weighted by molar-refractivity contribution is 0.0945. The Balaban J connectivity index is 1.36. The molecular weight excluding hydrogens is 436 g/mol. The lowest BCUT2D eigenvalue weighted by Gasteiger charge is -2.17. The molecule has 0 spiro atoms. The van der Waals surface area contributed by atoms with Crippen molar-refractivity contribution in [1.82, 2.24) is 30.2 Å². The molecule has 4 aromatic heterocycles. The number of carbonyl (C=O) groups excluding carboxylic acids is 1. The normalized spacial score (nSPS) is 14.1. The second-order valence-corrected chi connectivity index (χ2v) is 8.47. The molecule has 4 heterocycles. The smallest absolute Gasteiger partial charge is 0.252 e. The first kappa shape index (κ1) is 19.5. The van der Waals surface area contributed by atoms with Gasteiger partial charge in [-0.15, -0.1) is 0 Å². The number of amides is 1. The van der Waals surface area contributed by atoms with Crippen molar-refractivity contribution >= 4 is 28.0 Å². The number of H-pyrrole nitrogens is 1. The SMILES string of the molecule is O=C(N[C@@H]1c2ccccc2-c2c(-c3nc4ccncc4[nH]3)cccc21)c1ccnc2ncccc12. The van der Waals surface area contributed by atoms with Crippen molar-refractivity contribution in [2.45, 2.75) is 6.04 Å². The van der Waals surface area contributed by atoms with E-state index >= 15 is 0 Å². The number of rotatable bonds is 3. The molecule has 1 aliphatic rings. The largest absolute Gasteiger partial charge is 0.341 e. The molecule has 0 fully saturated rings. The number of nitrogens with one attached hydrogen (secondary N) is 2. The molecule has 6 aromatic rings. The van der Waals surface area contributed by atoms with Gasteiger partial charge in [0.1, 0.15) is 5.82 Å². The minimum atomic E-state index is -0.292. The Morgan fingerprint density at radius 1 is 0.829 bits per heavy atom. The summed E-state index contributed by atoms with van der Waals surface area (Å²) in [5.41, 5.74) is 8.08. The number of fused-ring (bicyclic) bond motifs is 5. The van der Waals surface area contributed by atoms with Crippen LogP contribution in [0, 0.1) is 0 Å². The summed E-state index contributed by atoms with van der Waals surface area (Å²) < 4.78 is 0. The van der Waals surface area contributed by atoms with E-state index in [9.17, 15) is 4.79 Å². The van der Waals surface area contributed by atoms with Crippen molar-refractivity contribution in [2.24, 2.45) is 0 Å². The molecular formula is C28H18N6O. The summed E-state index contributed by atoms with van der Waals surface area (Å²) in [6.45, 7) is 0. The van der Waals surface area contributed by atoms with E-state index < -0.39 is 0 Å². The summed E-state index contributed by atoms with van der Waals surface area (Å²) >= 11 is 0. The number of carbonyl (C=O) groups is 1. The maximum atomic E-state index is 13.5. The van der Waals surface area contributed by atoms with Gasteiger partial charge in [-0.25, -0.2) is 15.0 Å². The number of imidazole rings is 1. The van der Waals surface area contributed by atoms with E-state index in [0.29, 0.717) is 11.2 Å².